The van der Waals surface area contributed by atoms with Gasteiger partial charge in [-0.05, 0) is 231 Å². The zero-order valence-electron chi connectivity index (χ0n) is 82.7. The molecule has 6 aliphatic rings. The summed E-state index contributed by atoms with van der Waals surface area (Å²) in [6.07, 6.45) is 22.8. The average molecular weight is 2450 g/mol. The van der Waals surface area contributed by atoms with E-state index in [9.17, 15) is 24.6 Å². The van der Waals surface area contributed by atoms with Crippen molar-refractivity contribution in [2.24, 2.45) is 16.2 Å². The first-order valence-corrected chi connectivity index (χ1v) is 51.3. The highest BCUT2D eigenvalue weighted by molar-refractivity contribution is 14.1. The molecule has 0 bridgehead atoms. The van der Waals surface area contributed by atoms with Crippen LogP contribution in [0, 0.1) is 27.0 Å². The Labute approximate surface area is 913 Å². The summed E-state index contributed by atoms with van der Waals surface area (Å²) in [4.78, 5) is 95.0. The molecule has 776 valence electrons. The van der Waals surface area contributed by atoms with Crippen LogP contribution in [-0.4, -0.2) is 219 Å². The second kappa shape index (κ2) is 43.5. The lowest BCUT2D eigenvalue weighted by molar-refractivity contribution is -0.191. The van der Waals surface area contributed by atoms with Crippen molar-refractivity contribution in [3.05, 3.63) is 316 Å². The lowest BCUT2D eigenvalue weighted by Gasteiger charge is -2.33. The van der Waals surface area contributed by atoms with Crippen molar-refractivity contribution in [3.63, 3.8) is 0 Å². The van der Waals surface area contributed by atoms with Crippen molar-refractivity contribution < 1.29 is 43.4 Å². The van der Waals surface area contributed by atoms with Gasteiger partial charge in [0.1, 0.15) is 72.6 Å². The van der Waals surface area contributed by atoms with Crippen molar-refractivity contribution in [2.75, 3.05) is 47.3 Å². The SMILES string of the molecule is C.C=C[C@@]1(C)CC(=O)[C@@H]2OC(C)(C)O[C@@H]21.C=C[C@@]1(C)C[C@@](O)(c2cnn3c(N(C)c4ccccc4)ncnc23)[C@@H]2OC(C)(C)O[C@@H]21.CN(c1ccccc1)c1ncnc2c(I)cnn12.CN(c1ccccc1)c1ncnc2c([C@]3(O)C[C@](C)(CCc4ccc5ccc(N)nc5c4)[C@H]4OC(C)(C)O[C@H]43)cnn12.Clc1ncnc2c(I)cnn12.Nc1ccc2ccc(Br)cc2n1.O=c1[nH]cnc2c(I)cnn12.O=c1[nH]cnc2ccnn12. The van der Waals surface area contributed by atoms with Gasteiger partial charge in [-0.2, -0.15) is 57.7 Å². The molecule has 0 amide bonds. The summed E-state index contributed by atoms with van der Waals surface area (Å²) in [7, 11) is 5.82. The van der Waals surface area contributed by atoms with Gasteiger partial charge in [0.25, 0.3) is 0 Å². The number of nitrogens with zero attached hydrogens (tertiary/aromatic N) is 27. The molecule has 14 aromatic heterocycles. The van der Waals surface area contributed by atoms with Gasteiger partial charge in [-0.3, -0.25) is 14.8 Å². The van der Waals surface area contributed by atoms with E-state index in [4.69, 9.17) is 51.5 Å². The van der Waals surface area contributed by atoms with Crippen LogP contribution in [0.4, 0.5) is 46.5 Å². The Hall–Kier alpha value is -13.4. The first-order chi connectivity index (χ1) is 71.1. The van der Waals surface area contributed by atoms with Crippen LogP contribution in [0.5, 0.6) is 0 Å². The zero-order chi connectivity index (χ0) is 106. The van der Waals surface area contributed by atoms with Crippen LogP contribution >= 0.6 is 95.3 Å². The molecule has 42 nitrogen and oxygen atoms in total. The van der Waals surface area contributed by atoms with E-state index in [1.54, 1.807) is 69.1 Å². The summed E-state index contributed by atoms with van der Waals surface area (Å²) in [5, 5.41) is 52.1. The molecule has 0 radical (unpaired) electrons. The Bertz CT molecular complexity index is 8260. The first-order valence-electron chi connectivity index (χ1n) is 46.9. The summed E-state index contributed by atoms with van der Waals surface area (Å²) in [6, 6.07) is 51.3. The van der Waals surface area contributed by atoms with Crippen LogP contribution in [0.1, 0.15) is 112 Å². The van der Waals surface area contributed by atoms with Gasteiger partial charge < -0.3 is 64.8 Å². The van der Waals surface area contributed by atoms with E-state index in [1.807, 2.05) is 225 Å². The quantitative estimate of drug-likeness (QED) is 0.0461. The number of Topliss-reactive ketones (excluding diaryl/α,β-unsaturated/α-hetero) is 1. The summed E-state index contributed by atoms with van der Waals surface area (Å²) in [5.41, 5.74) is 18.1. The zero-order valence-corrected chi connectivity index (χ0v) is 91.5. The van der Waals surface area contributed by atoms with Gasteiger partial charge in [-0.15, -0.1) is 13.2 Å². The van der Waals surface area contributed by atoms with Gasteiger partial charge in [0.15, 0.2) is 57.0 Å². The Kier molecular flexibility index (Phi) is 31.3. The smallest absolute Gasteiger partial charge is 0.349 e. The number of para-hydroxylation sites is 3. The fraction of sp³-hybridized carbons (Fsp3) is 0.311. The predicted molar refractivity (Wildman–Crippen MR) is 595 cm³/mol. The number of anilines is 8. The minimum absolute atomic E-state index is 0. The number of aromatic amines is 2. The number of hydrogen-bond donors (Lipinski definition) is 6. The van der Waals surface area contributed by atoms with Gasteiger partial charge in [-0.25, -0.2) is 69.4 Å². The minimum atomic E-state index is -1.37. The molecule has 6 fully saturated rings. The molecule has 3 saturated heterocycles. The third-order valence-electron chi connectivity index (χ3n) is 26.6. The summed E-state index contributed by atoms with van der Waals surface area (Å²) in [6.45, 7) is 25.2. The van der Waals surface area contributed by atoms with E-state index in [2.05, 4.69) is 222 Å². The van der Waals surface area contributed by atoms with E-state index in [0.717, 1.165) is 89.7 Å². The van der Waals surface area contributed by atoms with Crippen LogP contribution in [0.25, 0.3) is 55.7 Å². The van der Waals surface area contributed by atoms with Crippen LogP contribution in [0.3, 0.4) is 0 Å². The topological polar surface area (TPSA) is 499 Å². The van der Waals surface area contributed by atoms with E-state index < -0.39 is 57.7 Å². The van der Waals surface area contributed by atoms with Crippen molar-refractivity contribution >= 4 is 203 Å². The van der Waals surface area contributed by atoms with Crippen molar-refractivity contribution in [3.8, 4) is 0 Å². The number of aliphatic hydroxyl groups is 2. The van der Waals surface area contributed by atoms with Gasteiger partial charge in [0, 0.05) is 82.2 Å². The number of ether oxygens (including phenoxy) is 6. The molecule has 19 aromatic rings. The van der Waals surface area contributed by atoms with Gasteiger partial charge in [-0.1, -0.05) is 129 Å². The number of aromatic nitrogens is 26. The number of pyridine rings is 2. The molecule has 8 N–H and O–H groups in total. The molecular weight excluding hydrogens is 2340 g/mol. The molecule has 47 heteroatoms. The standard InChI is InChI=1S/C32H35N7O3.C23H27N5O3.C12H10IN5.C11H16O3.C9H7BrN2.C5H2ClIN4.C5H3IN4O.C5H4N4O.CH4/c1-30(2)41-26-27(42-30)32(40,18-31(26,3)15-14-20-10-11-21-12-13-25(33)37-24(21)16-20)23-17-36-39-28(23)34-19-35-29(39)38(4)22-8-6-5-7-9-22;1-6-22(4)13-23(29,18-17(22)30-21(2,3)31-18)16-12-26-28-19(16)24-14-25-20(28)27(5)15-10-8-7-9-11-15;1-17(9-5-3-2-4-6-9)12-15-8-14-11-10(13)7-16-18(11)12;1-5-11(4)6-7(12)8-9(11)14-10(2,3)13-8;10-7-3-1-6-2-4-9(11)12-8(6)5-7;6-5-9-2-8-4-3(7)1-10-11(4)5;6-3-1-9-10-4(3)7-2-8-5(10)11;10-5-7-3-6-4-1-2-8-9(4)5;/h5-13,16-17,19,26-27,40H,14-15,18H2,1-4H3,(H2,33,37);6-12,14,17-18,29H,1,13H2,2-5H3;2-8H,1H3;5,8-9H,1,6H2,2-4H3;1-5H,(H2,11,12);1-2H;1-2H,(H,7,8,11);1-3H,(H,6,7,10);1H4/t26-,27+,31-,32+;17-,18+,22-,23+;;8-,9-,11-;;;;;/m00.0...../s1. The van der Waals surface area contributed by atoms with Crippen LogP contribution in [-0.2, 0) is 50.8 Å². The second-order valence-electron chi connectivity index (χ2n) is 38.3. The lowest BCUT2D eigenvalue weighted by atomic mass is 9.78. The highest BCUT2D eigenvalue weighted by Gasteiger charge is 2.68. The number of halogens is 5. The number of nitrogens with one attached hydrogen (secondary N) is 2. The number of hydrogen-bond acceptors (Lipinski definition) is 34. The highest BCUT2D eigenvalue weighted by Crippen LogP contribution is 2.61. The maximum Gasteiger partial charge on any atom is 0.349 e. The number of nitrogens with two attached hydrogens (primary N) is 2. The Morgan fingerprint density at radius 2 is 0.873 bits per heavy atom. The molecule has 5 aromatic carbocycles. The van der Waals surface area contributed by atoms with Gasteiger partial charge >= 0.3 is 11.4 Å². The molecule has 150 heavy (non-hydrogen) atoms. The van der Waals surface area contributed by atoms with Gasteiger partial charge in [0.05, 0.1) is 94.9 Å². The number of rotatable bonds is 13. The molecule has 11 atom stereocenters. The number of nitrogen functional groups attached to an aromatic ring is 2. The molecule has 3 saturated carbocycles. The molecule has 0 unspecified atom stereocenters. The highest BCUT2D eigenvalue weighted by atomic mass is 127. The van der Waals surface area contributed by atoms with E-state index in [0.29, 0.717) is 81.8 Å². The summed E-state index contributed by atoms with van der Waals surface area (Å²) < 4.78 is 49.5. The minimum Gasteiger partial charge on any atom is -0.384 e. The maximum atomic E-state index is 12.5. The molecule has 3 aliphatic heterocycles. The fourth-order valence-corrected chi connectivity index (χ4v) is 21.1. The van der Waals surface area contributed by atoms with Crippen LogP contribution in [0.2, 0.25) is 5.28 Å². The van der Waals surface area contributed by atoms with Crippen molar-refractivity contribution in [1.29, 1.82) is 0 Å². The van der Waals surface area contributed by atoms with Crippen molar-refractivity contribution in [1.82, 2.24) is 127 Å². The van der Waals surface area contributed by atoms with E-state index in [-0.39, 0.29) is 48.3 Å². The number of aryl methyl sites for hydroxylation is 1. The third-order valence-corrected chi connectivity index (χ3v) is 29.6. The first kappa shape index (κ1) is 108. The predicted octanol–water partition coefficient (Wildman–Crippen LogP) is 16.2. The number of carbonyl (C=O) groups is 1. The van der Waals surface area contributed by atoms with Gasteiger partial charge in [0.2, 0.25) is 23.1 Å². The molecule has 25 rings (SSSR count). The molecule has 0 spiro atoms. The summed E-state index contributed by atoms with van der Waals surface area (Å²) >= 11 is 15.5. The molecule has 3 aliphatic carbocycles. The Morgan fingerprint density at radius 3 is 1.39 bits per heavy atom. The normalized spacial score (nSPS) is 22.6. The van der Waals surface area contributed by atoms with Crippen LogP contribution in [0.15, 0.2) is 272 Å². The third kappa shape index (κ3) is 22.0. The van der Waals surface area contributed by atoms with E-state index in [1.165, 1.54) is 51.4 Å². The second-order valence-corrected chi connectivity index (χ2v) is 43.1. The number of ketones is 1. The van der Waals surface area contributed by atoms with Crippen molar-refractivity contribution in [2.45, 2.75) is 167 Å². The Balaban J connectivity index is 0.000000124. The summed E-state index contributed by atoms with van der Waals surface area (Å²) in [5.74, 6) is 0.831. The largest absolute Gasteiger partial charge is 0.384 e. The average Bonchev–Trinajstić information content (AvgIpc) is 1.54. The van der Waals surface area contributed by atoms with Crippen LogP contribution < -0.4 is 37.5 Å². The molecule has 17 heterocycles. The fourth-order valence-electron chi connectivity index (χ4n) is 19.1. The number of fused-ring (bicyclic) bond motifs is 11. The number of H-pyrrole nitrogens is 2. The maximum absolute atomic E-state index is 12.5. The van der Waals surface area contributed by atoms with E-state index >= 15 is 0 Å². The number of benzene rings is 5. The monoisotopic (exact) mass is 2450 g/mol. The molecular formula is C103H108BrClI3N31O11. The number of carbonyl (C=O) groups excluding carboxylic acids is 1. The Morgan fingerprint density at radius 1 is 0.460 bits per heavy atom. The lowest BCUT2D eigenvalue weighted by Crippen LogP contribution is -2.39.